The minimum Gasteiger partial charge on any atom is -0.330 e. The van der Waals surface area contributed by atoms with Crippen LogP contribution < -0.4 is 5.73 Å². The predicted octanol–water partition coefficient (Wildman–Crippen LogP) is 2.58. The van der Waals surface area contributed by atoms with Crippen LogP contribution in [0.3, 0.4) is 0 Å². The summed E-state index contributed by atoms with van der Waals surface area (Å²) in [5, 5.41) is 0. The van der Waals surface area contributed by atoms with E-state index in [1.165, 1.54) is 19.3 Å². The van der Waals surface area contributed by atoms with Crippen LogP contribution in [0, 0.1) is 11.3 Å². The van der Waals surface area contributed by atoms with Crippen molar-refractivity contribution in [1.82, 2.24) is 0 Å². The van der Waals surface area contributed by atoms with Gasteiger partial charge in [-0.1, -0.05) is 42.9 Å². The van der Waals surface area contributed by atoms with Crippen molar-refractivity contribution in [2.75, 3.05) is 6.54 Å². The number of nitrogens with two attached hydrogens (primary N) is 1. The number of hydrogen-bond acceptors (Lipinski definition) is 1. The largest absolute Gasteiger partial charge is 0.330 e. The molecule has 1 aliphatic rings. The fourth-order valence-corrected chi connectivity index (χ4v) is 3.52. The lowest BCUT2D eigenvalue weighted by Gasteiger charge is -2.32. The lowest BCUT2D eigenvalue weighted by molar-refractivity contribution is 0.243. The van der Waals surface area contributed by atoms with Crippen molar-refractivity contribution in [3.05, 3.63) is 0 Å². The van der Waals surface area contributed by atoms with Crippen molar-refractivity contribution < 1.29 is 0 Å². The van der Waals surface area contributed by atoms with Gasteiger partial charge in [0.2, 0.25) is 0 Å². The van der Waals surface area contributed by atoms with E-state index in [2.05, 4.69) is 36.4 Å². The molecule has 1 fully saturated rings. The number of hydrogen-bond donors (Lipinski definition) is 1. The van der Waals surface area contributed by atoms with Gasteiger partial charge in [-0.2, -0.15) is 0 Å². The summed E-state index contributed by atoms with van der Waals surface area (Å²) < 4.78 is 0.781. The van der Waals surface area contributed by atoms with Gasteiger partial charge in [-0.05, 0) is 30.7 Å². The standard InChI is InChI=1S/C9H18IN/c1-7(10)8-4-3-5-9(8,2)6-11/h7-8H,3-6,11H2,1-2H3. The summed E-state index contributed by atoms with van der Waals surface area (Å²) >= 11 is 2.54. The second kappa shape index (κ2) is 3.60. The van der Waals surface area contributed by atoms with Gasteiger partial charge in [-0.15, -0.1) is 0 Å². The summed E-state index contributed by atoms with van der Waals surface area (Å²) in [5.41, 5.74) is 6.24. The Kier molecular flexibility index (Phi) is 3.20. The molecule has 1 nitrogen and oxygen atoms in total. The molecule has 0 radical (unpaired) electrons. The molecule has 0 spiro atoms. The molecule has 0 aliphatic heterocycles. The molecule has 0 aromatic heterocycles. The Labute approximate surface area is 83.3 Å². The van der Waals surface area contributed by atoms with Crippen LogP contribution in [0.4, 0.5) is 0 Å². The normalized spacial score (nSPS) is 40.9. The van der Waals surface area contributed by atoms with E-state index in [0.717, 1.165) is 16.4 Å². The van der Waals surface area contributed by atoms with Crippen molar-refractivity contribution in [1.29, 1.82) is 0 Å². The highest BCUT2D eigenvalue weighted by Crippen LogP contribution is 2.45. The van der Waals surface area contributed by atoms with E-state index in [1.807, 2.05) is 0 Å². The van der Waals surface area contributed by atoms with Gasteiger partial charge in [0.15, 0.2) is 0 Å². The van der Waals surface area contributed by atoms with Crippen LogP contribution in [0.5, 0.6) is 0 Å². The van der Waals surface area contributed by atoms with Crippen LogP contribution in [0.1, 0.15) is 33.1 Å². The van der Waals surface area contributed by atoms with E-state index >= 15 is 0 Å². The average molecular weight is 267 g/mol. The molecular weight excluding hydrogens is 249 g/mol. The predicted molar refractivity (Wildman–Crippen MR) is 58.0 cm³/mol. The molecule has 0 bridgehead atoms. The molecule has 2 N–H and O–H groups in total. The Morgan fingerprint density at radius 3 is 2.73 bits per heavy atom. The van der Waals surface area contributed by atoms with E-state index in [9.17, 15) is 0 Å². The molecule has 1 aliphatic carbocycles. The first-order chi connectivity index (χ1) is 5.10. The van der Waals surface area contributed by atoms with Crippen molar-refractivity contribution >= 4 is 22.6 Å². The maximum absolute atomic E-state index is 5.79. The molecule has 1 rings (SSSR count). The van der Waals surface area contributed by atoms with Gasteiger partial charge in [0.05, 0.1) is 0 Å². The lowest BCUT2D eigenvalue weighted by atomic mass is 9.78. The van der Waals surface area contributed by atoms with Crippen molar-refractivity contribution in [2.45, 2.75) is 37.0 Å². The van der Waals surface area contributed by atoms with Gasteiger partial charge in [0, 0.05) is 3.92 Å². The van der Waals surface area contributed by atoms with Crippen LogP contribution in [0.25, 0.3) is 0 Å². The molecule has 2 heteroatoms. The van der Waals surface area contributed by atoms with Gasteiger partial charge in [0.1, 0.15) is 0 Å². The van der Waals surface area contributed by atoms with E-state index in [0.29, 0.717) is 5.41 Å². The number of halogens is 1. The van der Waals surface area contributed by atoms with Crippen molar-refractivity contribution in [2.24, 2.45) is 17.1 Å². The molecule has 0 saturated heterocycles. The topological polar surface area (TPSA) is 26.0 Å². The SMILES string of the molecule is CC(I)C1CCCC1(C)CN. The third-order valence-corrected chi connectivity index (χ3v) is 4.05. The lowest BCUT2D eigenvalue weighted by Crippen LogP contribution is -2.34. The summed E-state index contributed by atoms with van der Waals surface area (Å²) in [5.74, 6) is 0.855. The van der Waals surface area contributed by atoms with Crippen LogP contribution in [-0.2, 0) is 0 Å². The third kappa shape index (κ3) is 1.89. The Hall–Kier alpha value is 0.690. The van der Waals surface area contributed by atoms with Gasteiger partial charge in [-0.25, -0.2) is 0 Å². The first-order valence-corrected chi connectivity index (χ1v) is 5.69. The first kappa shape index (κ1) is 9.78. The summed E-state index contributed by atoms with van der Waals surface area (Å²) in [6.45, 7) is 5.52. The van der Waals surface area contributed by atoms with Crippen LogP contribution in [0.15, 0.2) is 0 Å². The summed E-state index contributed by atoms with van der Waals surface area (Å²) in [4.78, 5) is 0. The van der Waals surface area contributed by atoms with Crippen LogP contribution in [-0.4, -0.2) is 10.5 Å². The quantitative estimate of drug-likeness (QED) is 0.604. The highest BCUT2D eigenvalue weighted by atomic mass is 127. The minimum atomic E-state index is 0.445. The zero-order chi connectivity index (χ0) is 8.48. The third-order valence-electron chi connectivity index (χ3n) is 3.18. The fraction of sp³-hybridized carbons (Fsp3) is 1.00. The van der Waals surface area contributed by atoms with Crippen LogP contribution >= 0.6 is 22.6 Å². The van der Waals surface area contributed by atoms with Gasteiger partial charge >= 0.3 is 0 Å². The average Bonchev–Trinajstić information content (AvgIpc) is 2.32. The van der Waals surface area contributed by atoms with Crippen LogP contribution in [0.2, 0.25) is 0 Å². The van der Waals surface area contributed by atoms with E-state index in [4.69, 9.17) is 5.73 Å². The van der Waals surface area contributed by atoms with Gasteiger partial charge in [-0.3, -0.25) is 0 Å². The van der Waals surface area contributed by atoms with Crippen molar-refractivity contribution in [3.63, 3.8) is 0 Å². The maximum Gasteiger partial charge on any atom is 0.0115 e. The van der Waals surface area contributed by atoms with Crippen molar-refractivity contribution in [3.8, 4) is 0 Å². The van der Waals surface area contributed by atoms with E-state index in [-0.39, 0.29) is 0 Å². The Morgan fingerprint density at radius 1 is 1.73 bits per heavy atom. The Bertz CT molecular complexity index is 136. The Balaban J connectivity index is 2.64. The van der Waals surface area contributed by atoms with E-state index < -0.39 is 0 Å². The molecule has 0 aromatic rings. The summed E-state index contributed by atoms with van der Waals surface area (Å²) in [6, 6.07) is 0. The summed E-state index contributed by atoms with van der Waals surface area (Å²) in [6.07, 6.45) is 4.10. The molecule has 3 unspecified atom stereocenters. The van der Waals surface area contributed by atoms with Gasteiger partial charge < -0.3 is 5.73 Å². The molecule has 1 saturated carbocycles. The first-order valence-electron chi connectivity index (χ1n) is 4.44. The second-order valence-electron chi connectivity index (χ2n) is 4.03. The zero-order valence-electron chi connectivity index (χ0n) is 7.44. The molecule has 0 aromatic carbocycles. The fourth-order valence-electron chi connectivity index (χ4n) is 2.30. The zero-order valence-corrected chi connectivity index (χ0v) is 9.60. The monoisotopic (exact) mass is 267 g/mol. The molecule has 66 valence electrons. The summed E-state index contributed by atoms with van der Waals surface area (Å²) in [7, 11) is 0. The Morgan fingerprint density at radius 2 is 2.36 bits per heavy atom. The highest BCUT2D eigenvalue weighted by molar-refractivity contribution is 14.1. The number of alkyl halides is 1. The molecule has 0 heterocycles. The van der Waals surface area contributed by atoms with E-state index in [1.54, 1.807) is 0 Å². The smallest absolute Gasteiger partial charge is 0.0115 e. The second-order valence-corrected chi connectivity index (χ2v) is 6.00. The molecular formula is C9H18IN. The molecule has 3 atom stereocenters. The molecule has 11 heavy (non-hydrogen) atoms. The maximum atomic E-state index is 5.79. The van der Waals surface area contributed by atoms with Gasteiger partial charge in [0.25, 0.3) is 0 Å². The minimum absolute atomic E-state index is 0.445. The highest BCUT2D eigenvalue weighted by Gasteiger charge is 2.39. The molecule has 0 amide bonds. The number of rotatable bonds is 2.